The molecule has 1 aliphatic rings. The molecule has 1 rings (SSSR count). The standard InChI is InChI=1S/C16H29N3/c1-4-14(2)12-15(3)19-13-17-10-7-9-16-8-5-6-11-18-16/h6,11,14,17,19H,3-5,7-10,12-13H2,1-2H3. The van der Waals surface area contributed by atoms with Crippen LogP contribution in [-0.2, 0) is 0 Å². The van der Waals surface area contributed by atoms with E-state index in [9.17, 15) is 0 Å². The Balaban J connectivity index is 1.95. The number of nitrogens with zero attached hydrogens (tertiary/aromatic N) is 1. The lowest BCUT2D eigenvalue weighted by Gasteiger charge is -2.14. The first-order chi connectivity index (χ1) is 9.22. The van der Waals surface area contributed by atoms with Crippen LogP contribution in [0.1, 0.15) is 52.4 Å². The van der Waals surface area contributed by atoms with Crippen LogP contribution in [0.2, 0.25) is 0 Å². The van der Waals surface area contributed by atoms with Gasteiger partial charge in [-0.15, -0.1) is 0 Å². The van der Waals surface area contributed by atoms with Crippen molar-refractivity contribution in [3.8, 4) is 0 Å². The Labute approximate surface area is 118 Å². The van der Waals surface area contributed by atoms with Gasteiger partial charge in [0.25, 0.3) is 0 Å². The fourth-order valence-electron chi connectivity index (χ4n) is 2.07. The second-order valence-corrected chi connectivity index (χ2v) is 5.40. The smallest absolute Gasteiger partial charge is 0.0650 e. The predicted octanol–water partition coefficient (Wildman–Crippen LogP) is 3.60. The van der Waals surface area contributed by atoms with Crippen molar-refractivity contribution in [3.05, 3.63) is 24.6 Å². The first-order valence-electron chi connectivity index (χ1n) is 7.55. The second kappa shape index (κ2) is 9.79. The van der Waals surface area contributed by atoms with Crippen molar-refractivity contribution in [1.82, 2.24) is 10.6 Å². The molecule has 0 saturated carbocycles. The van der Waals surface area contributed by atoms with Crippen LogP contribution in [0.3, 0.4) is 0 Å². The monoisotopic (exact) mass is 263 g/mol. The molecule has 1 heterocycles. The molecule has 1 aliphatic heterocycles. The van der Waals surface area contributed by atoms with Crippen LogP contribution < -0.4 is 10.6 Å². The van der Waals surface area contributed by atoms with Gasteiger partial charge in [-0.2, -0.15) is 0 Å². The van der Waals surface area contributed by atoms with Crippen molar-refractivity contribution in [1.29, 1.82) is 0 Å². The van der Waals surface area contributed by atoms with Gasteiger partial charge in [-0.1, -0.05) is 32.9 Å². The molecule has 1 unspecified atom stereocenters. The molecule has 0 aromatic heterocycles. The fourth-order valence-corrected chi connectivity index (χ4v) is 2.07. The molecule has 0 saturated heterocycles. The lowest BCUT2D eigenvalue weighted by atomic mass is 10.0. The average Bonchev–Trinajstić information content (AvgIpc) is 2.43. The zero-order valence-electron chi connectivity index (χ0n) is 12.5. The molecule has 0 aliphatic carbocycles. The zero-order valence-corrected chi connectivity index (χ0v) is 12.5. The van der Waals surface area contributed by atoms with Gasteiger partial charge < -0.3 is 10.6 Å². The largest absolute Gasteiger partial charge is 0.376 e. The lowest BCUT2D eigenvalue weighted by Crippen LogP contribution is -2.29. The number of allylic oxidation sites excluding steroid dienone is 2. The molecular formula is C16H29N3. The van der Waals surface area contributed by atoms with E-state index >= 15 is 0 Å². The Hall–Kier alpha value is -1.09. The van der Waals surface area contributed by atoms with E-state index in [1.54, 1.807) is 0 Å². The van der Waals surface area contributed by atoms with Crippen LogP contribution in [0.5, 0.6) is 0 Å². The summed E-state index contributed by atoms with van der Waals surface area (Å²) in [5.74, 6) is 0.720. The molecule has 3 nitrogen and oxygen atoms in total. The highest BCUT2D eigenvalue weighted by atomic mass is 15.1. The summed E-state index contributed by atoms with van der Waals surface area (Å²) in [6, 6.07) is 0. The quantitative estimate of drug-likeness (QED) is 0.467. The Morgan fingerprint density at radius 3 is 3.05 bits per heavy atom. The van der Waals surface area contributed by atoms with E-state index in [-0.39, 0.29) is 0 Å². The van der Waals surface area contributed by atoms with Crippen molar-refractivity contribution in [3.63, 3.8) is 0 Å². The maximum Gasteiger partial charge on any atom is 0.0650 e. The summed E-state index contributed by atoms with van der Waals surface area (Å²) in [4.78, 5) is 4.40. The van der Waals surface area contributed by atoms with Gasteiger partial charge in [0.2, 0.25) is 0 Å². The summed E-state index contributed by atoms with van der Waals surface area (Å²) in [5.41, 5.74) is 2.49. The third-order valence-corrected chi connectivity index (χ3v) is 3.54. The molecule has 2 N–H and O–H groups in total. The average molecular weight is 263 g/mol. The van der Waals surface area contributed by atoms with Gasteiger partial charge >= 0.3 is 0 Å². The first-order valence-corrected chi connectivity index (χ1v) is 7.55. The highest BCUT2D eigenvalue weighted by molar-refractivity contribution is 5.85. The molecular weight excluding hydrogens is 234 g/mol. The van der Waals surface area contributed by atoms with Gasteiger partial charge in [-0.3, -0.25) is 4.99 Å². The van der Waals surface area contributed by atoms with Crippen LogP contribution in [0.4, 0.5) is 0 Å². The maximum absolute atomic E-state index is 4.40. The highest BCUT2D eigenvalue weighted by Gasteiger charge is 2.02. The van der Waals surface area contributed by atoms with Crippen molar-refractivity contribution in [2.75, 3.05) is 13.2 Å². The van der Waals surface area contributed by atoms with Crippen LogP contribution in [0.25, 0.3) is 0 Å². The Morgan fingerprint density at radius 2 is 2.37 bits per heavy atom. The number of hydrogen-bond donors (Lipinski definition) is 2. The van der Waals surface area contributed by atoms with Gasteiger partial charge in [-0.25, -0.2) is 0 Å². The molecule has 0 aromatic carbocycles. The summed E-state index contributed by atoms with van der Waals surface area (Å²) in [7, 11) is 0. The van der Waals surface area contributed by atoms with Crippen molar-refractivity contribution < 1.29 is 0 Å². The van der Waals surface area contributed by atoms with E-state index in [1.165, 1.54) is 12.1 Å². The Kier molecular flexibility index (Phi) is 8.23. The molecule has 0 aromatic rings. The topological polar surface area (TPSA) is 36.4 Å². The van der Waals surface area contributed by atoms with E-state index in [0.29, 0.717) is 0 Å². The number of hydrogen-bond acceptors (Lipinski definition) is 3. The SMILES string of the molecule is C=C(CC(C)CC)NCNCCCC1=NC=CCC1. The van der Waals surface area contributed by atoms with E-state index in [2.05, 4.69) is 42.1 Å². The third kappa shape index (κ3) is 7.83. The van der Waals surface area contributed by atoms with Gasteiger partial charge in [-0.05, 0) is 44.6 Å². The predicted molar refractivity (Wildman–Crippen MR) is 84.3 cm³/mol. The van der Waals surface area contributed by atoms with Crippen molar-refractivity contribution in [2.45, 2.75) is 52.4 Å². The molecule has 0 fully saturated rings. The number of nitrogens with one attached hydrogen (secondary N) is 2. The third-order valence-electron chi connectivity index (χ3n) is 3.54. The van der Waals surface area contributed by atoms with Crippen molar-refractivity contribution >= 4 is 5.71 Å². The molecule has 0 amide bonds. The summed E-state index contributed by atoms with van der Waals surface area (Å²) >= 11 is 0. The molecule has 108 valence electrons. The first kappa shape index (κ1) is 16.0. The number of aliphatic imine (C=N–C) groups is 1. The summed E-state index contributed by atoms with van der Waals surface area (Å²) < 4.78 is 0. The summed E-state index contributed by atoms with van der Waals surface area (Å²) in [6.07, 6.45) is 10.9. The Morgan fingerprint density at radius 1 is 1.53 bits per heavy atom. The molecule has 0 radical (unpaired) electrons. The fraction of sp³-hybridized carbons (Fsp3) is 0.688. The Bertz CT molecular complexity index is 318. The minimum atomic E-state index is 0.720. The highest BCUT2D eigenvalue weighted by Crippen LogP contribution is 2.10. The minimum absolute atomic E-state index is 0.720. The minimum Gasteiger partial charge on any atom is -0.376 e. The molecule has 0 spiro atoms. The van der Waals surface area contributed by atoms with Gasteiger partial charge in [0.1, 0.15) is 0 Å². The second-order valence-electron chi connectivity index (χ2n) is 5.40. The molecule has 1 atom stereocenters. The lowest BCUT2D eigenvalue weighted by molar-refractivity contribution is 0.522. The van der Waals surface area contributed by atoms with E-state index in [1.807, 2.05) is 6.20 Å². The molecule has 0 bridgehead atoms. The van der Waals surface area contributed by atoms with Crippen LogP contribution in [0, 0.1) is 5.92 Å². The van der Waals surface area contributed by atoms with Crippen LogP contribution in [-0.4, -0.2) is 18.9 Å². The van der Waals surface area contributed by atoms with E-state index in [0.717, 1.165) is 56.9 Å². The normalized spacial score (nSPS) is 16.0. The van der Waals surface area contributed by atoms with Crippen LogP contribution in [0.15, 0.2) is 29.5 Å². The zero-order chi connectivity index (χ0) is 13.9. The number of rotatable bonds is 10. The maximum atomic E-state index is 4.40. The van der Waals surface area contributed by atoms with E-state index < -0.39 is 0 Å². The van der Waals surface area contributed by atoms with E-state index in [4.69, 9.17) is 0 Å². The molecule has 3 heteroatoms. The summed E-state index contributed by atoms with van der Waals surface area (Å²) in [5, 5.41) is 6.74. The van der Waals surface area contributed by atoms with Gasteiger partial charge in [0, 0.05) is 17.6 Å². The van der Waals surface area contributed by atoms with Crippen LogP contribution >= 0.6 is 0 Å². The van der Waals surface area contributed by atoms with Gasteiger partial charge in [0.15, 0.2) is 0 Å². The summed E-state index contributed by atoms with van der Waals surface area (Å²) in [6.45, 7) is 10.4. The molecule has 19 heavy (non-hydrogen) atoms. The van der Waals surface area contributed by atoms with Gasteiger partial charge in [0.05, 0.1) is 6.67 Å². The van der Waals surface area contributed by atoms with Crippen molar-refractivity contribution in [2.24, 2.45) is 10.9 Å².